The SMILES string of the molecule is N#Cc1ccc(Nc2cc(N)cc(F)c2)c(F)c1. The smallest absolute Gasteiger partial charge is 0.147 e. The molecule has 0 spiro atoms. The van der Waals surface area contributed by atoms with Crippen molar-refractivity contribution in [2.45, 2.75) is 0 Å². The van der Waals surface area contributed by atoms with Crippen molar-refractivity contribution in [1.82, 2.24) is 0 Å². The van der Waals surface area contributed by atoms with E-state index >= 15 is 0 Å². The number of hydrogen-bond acceptors (Lipinski definition) is 3. The van der Waals surface area contributed by atoms with Gasteiger partial charge in [-0.25, -0.2) is 8.78 Å². The molecule has 2 aromatic carbocycles. The first-order valence-electron chi connectivity index (χ1n) is 5.11. The normalized spacial score (nSPS) is 9.83. The number of benzene rings is 2. The molecule has 2 aromatic rings. The number of nitrogens with zero attached hydrogens (tertiary/aromatic N) is 1. The van der Waals surface area contributed by atoms with Crippen LogP contribution in [0.2, 0.25) is 0 Å². The van der Waals surface area contributed by atoms with E-state index in [1.165, 1.54) is 30.3 Å². The Bertz CT molecular complexity index is 612. The average molecular weight is 245 g/mol. The molecule has 3 N–H and O–H groups in total. The summed E-state index contributed by atoms with van der Waals surface area (Å²) < 4.78 is 26.7. The van der Waals surface area contributed by atoms with Crippen LogP contribution in [0.15, 0.2) is 36.4 Å². The maximum Gasteiger partial charge on any atom is 0.147 e. The van der Waals surface area contributed by atoms with Gasteiger partial charge in [0.25, 0.3) is 0 Å². The minimum atomic E-state index is -0.586. The fourth-order valence-electron chi connectivity index (χ4n) is 1.53. The molecule has 0 aliphatic heterocycles. The number of hydrogen-bond donors (Lipinski definition) is 2. The summed E-state index contributed by atoms with van der Waals surface area (Å²) in [6.45, 7) is 0. The third-order valence-electron chi connectivity index (χ3n) is 2.30. The lowest BCUT2D eigenvalue weighted by Gasteiger charge is -2.08. The molecule has 0 atom stereocenters. The number of nitrogens with two attached hydrogens (primary N) is 1. The van der Waals surface area contributed by atoms with Crippen molar-refractivity contribution in [2.75, 3.05) is 11.1 Å². The minimum absolute atomic E-state index is 0.152. The molecule has 0 fully saturated rings. The Morgan fingerprint density at radius 3 is 2.50 bits per heavy atom. The fourth-order valence-corrected chi connectivity index (χ4v) is 1.53. The molecule has 0 aliphatic rings. The average Bonchev–Trinajstić information content (AvgIpc) is 2.30. The molecule has 5 heteroatoms. The van der Waals surface area contributed by atoms with Crippen molar-refractivity contribution < 1.29 is 8.78 Å². The van der Waals surface area contributed by atoms with Crippen LogP contribution in [0.1, 0.15) is 5.56 Å². The molecule has 0 bridgehead atoms. The molecule has 0 aliphatic carbocycles. The van der Waals surface area contributed by atoms with Gasteiger partial charge < -0.3 is 11.1 Å². The zero-order chi connectivity index (χ0) is 13.1. The Morgan fingerprint density at radius 1 is 1.11 bits per heavy atom. The molecule has 3 nitrogen and oxygen atoms in total. The first-order chi connectivity index (χ1) is 8.58. The Morgan fingerprint density at radius 2 is 1.89 bits per heavy atom. The van der Waals surface area contributed by atoms with Gasteiger partial charge in [0.05, 0.1) is 17.3 Å². The predicted octanol–water partition coefficient (Wildman–Crippen LogP) is 3.16. The van der Waals surface area contributed by atoms with Crippen LogP contribution in [0.5, 0.6) is 0 Å². The largest absolute Gasteiger partial charge is 0.399 e. The van der Waals surface area contributed by atoms with Crippen LogP contribution in [0, 0.1) is 23.0 Å². The Hall–Kier alpha value is -2.61. The lowest BCUT2D eigenvalue weighted by atomic mass is 10.2. The summed E-state index contributed by atoms with van der Waals surface area (Å²) in [5.41, 5.74) is 6.44. The molecule has 0 amide bonds. The Kier molecular flexibility index (Phi) is 3.11. The van der Waals surface area contributed by atoms with Gasteiger partial charge in [0, 0.05) is 11.4 Å². The van der Waals surface area contributed by atoms with E-state index < -0.39 is 11.6 Å². The van der Waals surface area contributed by atoms with Crippen LogP contribution < -0.4 is 11.1 Å². The van der Waals surface area contributed by atoms with Gasteiger partial charge in [0.15, 0.2) is 0 Å². The van der Waals surface area contributed by atoms with Crippen molar-refractivity contribution in [3.8, 4) is 6.07 Å². The lowest BCUT2D eigenvalue weighted by Crippen LogP contribution is -1.96. The quantitative estimate of drug-likeness (QED) is 0.799. The molecule has 2 rings (SSSR count). The molecular weight excluding hydrogens is 236 g/mol. The second-order valence-corrected chi connectivity index (χ2v) is 3.70. The highest BCUT2D eigenvalue weighted by atomic mass is 19.1. The summed E-state index contributed by atoms with van der Waals surface area (Å²) in [6, 6.07) is 9.67. The molecule has 0 aromatic heterocycles. The molecule has 0 unspecified atom stereocenters. The summed E-state index contributed by atoms with van der Waals surface area (Å²) in [5, 5.41) is 11.3. The minimum Gasteiger partial charge on any atom is -0.399 e. The van der Waals surface area contributed by atoms with Gasteiger partial charge in [-0.2, -0.15) is 5.26 Å². The van der Waals surface area contributed by atoms with Crippen LogP contribution in [0.4, 0.5) is 25.8 Å². The van der Waals surface area contributed by atoms with E-state index in [9.17, 15) is 8.78 Å². The predicted molar refractivity (Wildman–Crippen MR) is 65.2 cm³/mol. The van der Waals surface area contributed by atoms with Crippen molar-refractivity contribution >= 4 is 17.1 Å². The molecule has 0 heterocycles. The summed E-state index contributed by atoms with van der Waals surface area (Å²) in [5.74, 6) is -1.09. The topological polar surface area (TPSA) is 61.8 Å². The second-order valence-electron chi connectivity index (χ2n) is 3.70. The number of halogens is 2. The van der Waals surface area contributed by atoms with E-state index in [0.29, 0.717) is 5.69 Å². The van der Waals surface area contributed by atoms with Gasteiger partial charge in [-0.05, 0) is 36.4 Å². The highest BCUT2D eigenvalue weighted by molar-refractivity contribution is 5.64. The summed E-state index contributed by atoms with van der Waals surface area (Å²) in [7, 11) is 0. The third kappa shape index (κ3) is 2.55. The van der Waals surface area contributed by atoms with E-state index in [-0.39, 0.29) is 16.9 Å². The molecular formula is C13H9F2N3. The summed E-state index contributed by atoms with van der Waals surface area (Å²) >= 11 is 0. The van der Waals surface area contributed by atoms with Gasteiger partial charge in [-0.3, -0.25) is 0 Å². The van der Waals surface area contributed by atoms with E-state index in [2.05, 4.69) is 5.32 Å². The van der Waals surface area contributed by atoms with Gasteiger partial charge in [-0.1, -0.05) is 0 Å². The second kappa shape index (κ2) is 4.72. The molecule has 90 valence electrons. The number of anilines is 3. The van der Waals surface area contributed by atoms with Gasteiger partial charge in [0.1, 0.15) is 11.6 Å². The van der Waals surface area contributed by atoms with Crippen LogP contribution in [0.3, 0.4) is 0 Å². The number of rotatable bonds is 2. The van der Waals surface area contributed by atoms with Gasteiger partial charge in [-0.15, -0.1) is 0 Å². The van der Waals surface area contributed by atoms with Crippen LogP contribution in [-0.2, 0) is 0 Å². The Balaban J connectivity index is 2.31. The molecule has 18 heavy (non-hydrogen) atoms. The van der Waals surface area contributed by atoms with E-state index in [1.807, 2.05) is 6.07 Å². The van der Waals surface area contributed by atoms with Gasteiger partial charge >= 0.3 is 0 Å². The van der Waals surface area contributed by atoms with Crippen molar-refractivity contribution in [2.24, 2.45) is 0 Å². The fraction of sp³-hybridized carbons (Fsp3) is 0. The maximum absolute atomic E-state index is 13.6. The monoisotopic (exact) mass is 245 g/mol. The van der Waals surface area contributed by atoms with Gasteiger partial charge in [0.2, 0.25) is 0 Å². The van der Waals surface area contributed by atoms with E-state index in [1.54, 1.807) is 0 Å². The lowest BCUT2D eigenvalue weighted by molar-refractivity contribution is 0.627. The highest BCUT2D eigenvalue weighted by Gasteiger charge is 2.05. The first-order valence-corrected chi connectivity index (χ1v) is 5.11. The molecule has 0 radical (unpaired) electrons. The number of nitrogen functional groups attached to an aromatic ring is 1. The summed E-state index contributed by atoms with van der Waals surface area (Å²) in [4.78, 5) is 0. The molecule has 0 saturated heterocycles. The third-order valence-corrected chi connectivity index (χ3v) is 2.30. The number of nitrogens with one attached hydrogen (secondary N) is 1. The summed E-state index contributed by atoms with van der Waals surface area (Å²) in [6.07, 6.45) is 0. The molecule has 0 saturated carbocycles. The first kappa shape index (κ1) is 11.9. The zero-order valence-corrected chi connectivity index (χ0v) is 9.24. The standard InChI is InChI=1S/C13H9F2N3/c14-9-4-10(17)6-11(5-9)18-13-2-1-8(7-16)3-12(13)15/h1-6,18H,17H2. The highest BCUT2D eigenvalue weighted by Crippen LogP contribution is 2.23. The van der Waals surface area contributed by atoms with E-state index in [0.717, 1.165) is 6.07 Å². The van der Waals surface area contributed by atoms with Crippen molar-refractivity contribution in [3.05, 3.63) is 53.6 Å². The van der Waals surface area contributed by atoms with E-state index in [4.69, 9.17) is 11.0 Å². The van der Waals surface area contributed by atoms with Crippen LogP contribution in [-0.4, -0.2) is 0 Å². The van der Waals surface area contributed by atoms with Crippen molar-refractivity contribution in [1.29, 1.82) is 5.26 Å². The number of nitriles is 1. The Labute approximate surface area is 102 Å². The van der Waals surface area contributed by atoms with Crippen LogP contribution in [0.25, 0.3) is 0 Å². The van der Waals surface area contributed by atoms with Crippen molar-refractivity contribution in [3.63, 3.8) is 0 Å². The maximum atomic E-state index is 13.6. The zero-order valence-electron chi connectivity index (χ0n) is 9.24. The van der Waals surface area contributed by atoms with Crippen LogP contribution >= 0.6 is 0 Å².